The van der Waals surface area contributed by atoms with Crippen LogP contribution < -0.4 is 11.2 Å². The Morgan fingerprint density at radius 1 is 0.953 bits per heavy atom. The maximum absolute atomic E-state index is 14.1. The molecule has 0 aliphatic heterocycles. The van der Waals surface area contributed by atoms with Crippen LogP contribution in [0.1, 0.15) is 75.4 Å². The number of methoxy groups -OCH3 is 1. The molecule has 0 spiro atoms. The molecule has 7 rings (SSSR count). The molecule has 43 heavy (non-hydrogen) atoms. The Morgan fingerprint density at radius 3 is 2.37 bits per heavy atom. The molecule has 3 heterocycles. The molecule has 2 fully saturated rings. The van der Waals surface area contributed by atoms with Crippen LogP contribution in [0.4, 0.5) is 0 Å². The van der Waals surface area contributed by atoms with Gasteiger partial charge in [-0.05, 0) is 65.6 Å². The first-order chi connectivity index (χ1) is 21.0. The summed E-state index contributed by atoms with van der Waals surface area (Å²) in [5, 5.41) is 14.4. The van der Waals surface area contributed by atoms with Crippen molar-refractivity contribution >= 4 is 11.2 Å². The summed E-state index contributed by atoms with van der Waals surface area (Å²) in [6.45, 7) is 2.74. The van der Waals surface area contributed by atoms with Crippen molar-refractivity contribution in [1.29, 1.82) is 0 Å². The van der Waals surface area contributed by atoms with Gasteiger partial charge in [0.05, 0.1) is 0 Å². The van der Waals surface area contributed by atoms with Crippen molar-refractivity contribution in [3.05, 3.63) is 80.8 Å². The van der Waals surface area contributed by atoms with E-state index < -0.39 is 6.23 Å². The highest BCUT2D eigenvalue weighted by Gasteiger charge is 2.30. The largest absolute Gasteiger partial charge is 0.361 e. The molecular formula is C32H36N8O3. The van der Waals surface area contributed by atoms with Crippen molar-refractivity contribution in [2.45, 2.75) is 77.1 Å². The van der Waals surface area contributed by atoms with Gasteiger partial charge in [-0.3, -0.25) is 9.36 Å². The molecule has 11 heteroatoms. The second-order valence-corrected chi connectivity index (χ2v) is 11.9. The quantitative estimate of drug-likeness (QED) is 0.263. The van der Waals surface area contributed by atoms with Crippen LogP contribution in [0.5, 0.6) is 0 Å². The van der Waals surface area contributed by atoms with Crippen molar-refractivity contribution in [1.82, 2.24) is 39.3 Å². The van der Waals surface area contributed by atoms with E-state index >= 15 is 0 Å². The van der Waals surface area contributed by atoms with Gasteiger partial charge in [-0.1, -0.05) is 67.8 Å². The highest BCUT2D eigenvalue weighted by Crippen LogP contribution is 2.35. The summed E-state index contributed by atoms with van der Waals surface area (Å²) in [4.78, 5) is 32.9. The highest BCUT2D eigenvalue weighted by molar-refractivity contribution is 5.80. The van der Waals surface area contributed by atoms with E-state index in [2.05, 4.69) is 55.5 Å². The SMILES string of the molecule is COC(C)n1c(=O)n(CC2CC2)c(=O)c2c1nc(C1CCCCC1)n2Cc1ccc(-c2ccccc2-c2nnn[nH]2)cc1. The molecule has 1 unspecified atom stereocenters. The van der Waals surface area contributed by atoms with Crippen molar-refractivity contribution < 1.29 is 4.74 Å². The highest BCUT2D eigenvalue weighted by atomic mass is 16.5. The maximum atomic E-state index is 14.1. The molecule has 1 atom stereocenters. The summed E-state index contributed by atoms with van der Waals surface area (Å²) >= 11 is 0. The fourth-order valence-electron chi connectivity index (χ4n) is 6.44. The van der Waals surface area contributed by atoms with Gasteiger partial charge in [0.1, 0.15) is 12.1 Å². The van der Waals surface area contributed by atoms with E-state index in [9.17, 15) is 9.59 Å². The number of aromatic nitrogens is 8. The minimum atomic E-state index is -0.553. The molecule has 2 saturated carbocycles. The van der Waals surface area contributed by atoms with Crippen LogP contribution in [-0.4, -0.2) is 46.4 Å². The third-order valence-electron chi connectivity index (χ3n) is 9.04. The second kappa shape index (κ2) is 11.4. The van der Waals surface area contributed by atoms with Gasteiger partial charge < -0.3 is 9.30 Å². The van der Waals surface area contributed by atoms with Crippen molar-refractivity contribution in [2.75, 3.05) is 7.11 Å². The Balaban J connectivity index is 1.34. The summed E-state index contributed by atoms with van der Waals surface area (Å²) in [7, 11) is 1.58. The molecule has 0 amide bonds. The standard InChI is InChI=1S/C32H36N8O3/c1-20(43-2)40-30-27(31(41)39(32(40)42)19-21-12-13-21)38(29(33-30)24-8-4-3-5-9-24)18-22-14-16-23(17-15-22)25-10-6-7-11-26(25)28-34-36-37-35-28/h6-7,10-11,14-17,20-21,24H,3-5,8-9,12-13,18-19H2,1-2H3,(H,34,35,36,37). The Bertz CT molecular complexity index is 1860. The lowest BCUT2D eigenvalue weighted by molar-refractivity contribution is 0.0584. The van der Waals surface area contributed by atoms with E-state index in [0.29, 0.717) is 36.0 Å². The van der Waals surface area contributed by atoms with Crippen LogP contribution >= 0.6 is 0 Å². The topological polar surface area (TPSA) is 126 Å². The number of nitrogens with one attached hydrogen (secondary N) is 1. The summed E-state index contributed by atoms with van der Waals surface area (Å²) in [6, 6.07) is 16.4. The molecule has 0 bridgehead atoms. The molecule has 11 nitrogen and oxygen atoms in total. The number of H-pyrrole nitrogens is 1. The molecule has 1 N–H and O–H groups in total. The normalized spacial score (nSPS) is 16.6. The number of fused-ring (bicyclic) bond motifs is 1. The summed E-state index contributed by atoms with van der Waals surface area (Å²) in [6.07, 6.45) is 7.06. The first-order valence-electron chi connectivity index (χ1n) is 15.2. The molecule has 0 saturated heterocycles. The van der Waals surface area contributed by atoms with Crippen LogP contribution in [0.15, 0.2) is 58.1 Å². The molecule has 3 aromatic heterocycles. The summed E-state index contributed by atoms with van der Waals surface area (Å²) in [5.74, 6) is 2.10. The Hall–Kier alpha value is -4.38. The number of hydrogen-bond donors (Lipinski definition) is 1. The zero-order valence-electron chi connectivity index (χ0n) is 24.6. The molecule has 5 aromatic rings. The molecule has 2 aliphatic rings. The average Bonchev–Trinajstić information content (AvgIpc) is 3.55. The van der Waals surface area contributed by atoms with Gasteiger partial charge in [-0.2, -0.15) is 0 Å². The van der Waals surface area contributed by atoms with Gasteiger partial charge in [-0.15, -0.1) is 5.10 Å². The number of tetrazole rings is 1. The Kier molecular flexibility index (Phi) is 7.26. The van der Waals surface area contributed by atoms with Crippen LogP contribution in [-0.2, 0) is 17.8 Å². The smallest absolute Gasteiger partial charge is 0.334 e. The number of rotatable bonds is 9. The fraction of sp³-hybridized carbons (Fsp3) is 0.438. The van der Waals surface area contributed by atoms with E-state index in [4.69, 9.17) is 9.72 Å². The lowest BCUT2D eigenvalue weighted by Gasteiger charge is -2.22. The van der Waals surface area contributed by atoms with E-state index in [1.807, 2.05) is 25.1 Å². The predicted octanol–water partition coefficient (Wildman–Crippen LogP) is 4.88. The van der Waals surface area contributed by atoms with Gasteiger partial charge in [0.2, 0.25) is 0 Å². The molecule has 0 radical (unpaired) electrons. The van der Waals surface area contributed by atoms with Gasteiger partial charge in [-0.25, -0.2) is 19.4 Å². The van der Waals surface area contributed by atoms with E-state index in [0.717, 1.165) is 66.6 Å². The predicted molar refractivity (Wildman–Crippen MR) is 163 cm³/mol. The fourth-order valence-corrected chi connectivity index (χ4v) is 6.44. The van der Waals surface area contributed by atoms with Crippen molar-refractivity contribution in [3.63, 3.8) is 0 Å². The third kappa shape index (κ3) is 5.11. The van der Waals surface area contributed by atoms with Gasteiger partial charge in [0.25, 0.3) is 5.56 Å². The van der Waals surface area contributed by atoms with Gasteiger partial charge in [0, 0.05) is 31.7 Å². The Morgan fingerprint density at radius 2 is 1.70 bits per heavy atom. The zero-order valence-corrected chi connectivity index (χ0v) is 24.6. The second-order valence-electron chi connectivity index (χ2n) is 11.9. The monoisotopic (exact) mass is 580 g/mol. The molecular weight excluding hydrogens is 544 g/mol. The molecule has 2 aliphatic carbocycles. The van der Waals surface area contributed by atoms with Crippen molar-refractivity contribution in [3.8, 4) is 22.5 Å². The first-order valence-corrected chi connectivity index (χ1v) is 15.2. The minimum Gasteiger partial charge on any atom is -0.361 e. The lowest BCUT2D eigenvalue weighted by Crippen LogP contribution is -2.42. The summed E-state index contributed by atoms with van der Waals surface area (Å²) < 4.78 is 10.7. The number of imidazole rings is 1. The van der Waals surface area contributed by atoms with Crippen LogP contribution in [0.3, 0.4) is 0 Å². The first kappa shape index (κ1) is 27.5. The number of hydrogen-bond acceptors (Lipinski definition) is 7. The summed E-state index contributed by atoms with van der Waals surface area (Å²) in [5.41, 5.74) is 4.32. The average molecular weight is 581 g/mol. The van der Waals surface area contributed by atoms with E-state index in [1.54, 1.807) is 11.7 Å². The minimum absolute atomic E-state index is 0.237. The third-order valence-corrected chi connectivity index (χ3v) is 9.04. The number of aromatic amines is 1. The van der Waals surface area contributed by atoms with Gasteiger partial charge in [0.15, 0.2) is 17.0 Å². The lowest BCUT2D eigenvalue weighted by atomic mass is 9.88. The maximum Gasteiger partial charge on any atom is 0.334 e. The number of nitrogens with zero attached hydrogens (tertiary/aromatic N) is 7. The zero-order chi connectivity index (χ0) is 29.5. The van der Waals surface area contributed by atoms with Gasteiger partial charge >= 0.3 is 5.69 Å². The van der Waals surface area contributed by atoms with E-state index in [-0.39, 0.29) is 17.2 Å². The van der Waals surface area contributed by atoms with Crippen LogP contribution in [0.2, 0.25) is 0 Å². The molecule has 2 aromatic carbocycles. The van der Waals surface area contributed by atoms with Crippen molar-refractivity contribution in [2.24, 2.45) is 5.92 Å². The number of benzene rings is 2. The van der Waals surface area contributed by atoms with Crippen LogP contribution in [0, 0.1) is 5.92 Å². The Labute approximate surface area is 248 Å². The van der Waals surface area contributed by atoms with E-state index in [1.165, 1.54) is 11.0 Å². The molecule has 222 valence electrons. The van der Waals surface area contributed by atoms with Crippen LogP contribution in [0.25, 0.3) is 33.7 Å². The number of ether oxygens (including phenoxy) is 1.